The number of carbonyl (C=O) groups excluding carboxylic acids is 2. The quantitative estimate of drug-likeness (QED) is 0.907. The number of rotatable bonds is 3. The Balaban J connectivity index is 1.98. The second-order valence-corrected chi connectivity index (χ2v) is 5.63. The molecule has 0 saturated carbocycles. The maximum atomic E-state index is 12.8. The van der Waals surface area contributed by atoms with E-state index in [4.69, 9.17) is 4.52 Å². The lowest BCUT2D eigenvalue weighted by Crippen LogP contribution is -2.46. The molecule has 2 heterocycles. The number of nitrogens with one attached hydrogen (secondary N) is 2. The van der Waals surface area contributed by atoms with Gasteiger partial charge in [0.2, 0.25) is 0 Å². The van der Waals surface area contributed by atoms with E-state index in [-0.39, 0.29) is 11.9 Å². The number of aryl methyl sites for hydroxylation is 1. The zero-order chi connectivity index (χ0) is 17.3. The van der Waals surface area contributed by atoms with Gasteiger partial charge in [-0.2, -0.15) is 0 Å². The lowest BCUT2D eigenvalue weighted by Gasteiger charge is -2.33. The van der Waals surface area contributed by atoms with Crippen LogP contribution in [0.25, 0.3) is 0 Å². The molecule has 0 spiro atoms. The van der Waals surface area contributed by atoms with Crippen molar-refractivity contribution in [2.75, 3.05) is 12.4 Å². The van der Waals surface area contributed by atoms with Crippen LogP contribution >= 0.6 is 0 Å². The molecule has 2 N–H and O–H groups in total. The zero-order valence-electron chi connectivity index (χ0n) is 13.7. The molecule has 0 saturated heterocycles. The van der Waals surface area contributed by atoms with E-state index < -0.39 is 6.04 Å². The first kappa shape index (κ1) is 15.8. The molecular weight excluding hydrogens is 308 g/mol. The second kappa shape index (κ2) is 6.19. The molecule has 1 aromatic heterocycles. The topological polar surface area (TPSA) is 87.5 Å². The van der Waals surface area contributed by atoms with Gasteiger partial charge in [-0.3, -0.25) is 4.79 Å². The molecule has 1 aromatic carbocycles. The van der Waals surface area contributed by atoms with Gasteiger partial charge in [-0.05, 0) is 19.4 Å². The third kappa shape index (κ3) is 2.88. The zero-order valence-corrected chi connectivity index (χ0v) is 13.7. The van der Waals surface area contributed by atoms with Crippen LogP contribution < -0.4 is 10.6 Å². The van der Waals surface area contributed by atoms with Crippen LogP contribution in [0.4, 0.5) is 10.6 Å². The summed E-state index contributed by atoms with van der Waals surface area (Å²) in [5.41, 5.74) is 1.88. The number of carbonyl (C=O) groups is 2. The Hall–Kier alpha value is -3.09. The standard InChI is InChI=1S/C17H18N4O3/c1-10-9-13(20-24-10)18-16(22)14-11(2)21(3)17(23)19-15(14)12-7-5-4-6-8-12/h4-9,15H,1-3H3,(H,19,23)(H,18,20,22)/t15-/m1/s1. The van der Waals surface area contributed by atoms with Crippen molar-refractivity contribution in [3.63, 3.8) is 0 Å². The Morgan fingerprint density at radius 1 is 1.29 bits per heavy atom. The van der Waals surface area contributed by atoms with E-state index in [1.807, 2.05) is 30.3 Å². The minimum absolute atomic E-state index is 0.254. The molecule has 3 amide bonds. The Labute approximate surface area is 139 Å². The first-order chi connectivity index (χ1) is 11.5. The number of allylic oxidation sites excluding steroid dienone is 1. The van der Waals surface area contributed by atoms with E-state index in [1.54, 1.807) is 27.0 Å². The number of hydrogen-bond donors (Lipinski definition) is 2. The van der Waals surface area contributed by atoms with Crippen LogP contribution in [0.15, 0.2) is 52.2 Å². The van der Waals surface area contributed by atoms with Crippen LogP contribution in [0.2, 0.25) is 0 Å². The molecule has 0 bridgehead atoms. The van der Waals surface area contributed by atoms with Crippen molar-refractivity contribution in [2.45, 2.75) is 19.9 Å². The van der Waals surface area contributed by atoms with E-state index in [0.717, 1.165) is 5.56 Å². The summed E-state index contributed by atoms with van der Waals surface area (Å²) in [5, 5.41) is 9.35. The van der Waals surface area contributed by atoms with Gasteiger partial charge in [0.05, 0.1) is 11.6 Å². The highest BCUT2D eigenvalue weighted by molar-refractivity contribution is 6.06. The molecule has 3 rings (SSSR count). The van der Waals surface area contributed by atoms with Crippen LogP contribution in [0.5, 0.6) is 0 Å². The molecule has 0 unspecified atom stereocenters. The van der Waals surface area contributed by atoms with E-state index >= 15 is 0 Å². The molecule has 0 radical (unpaired) electrons. The summed E-state index contributed by atoms with van der Waals surface area (Å²) < 4.78 is 4.97. The van der Waals surface area contributed by atoms with Crippen LogP contribution in [0.1, 0.15) is 24.3 Å². The maximum absolute atomic E-state index is 12.8. The van der Waals surface area contributed by atoms with Crippen molar-refractivity contribution < 1.29 is 14.1 Å². The Morgan fingerprint density at radius 2 is 2.00 bits per heavy atom. The van der Waals surface area contributed by atoms with Crippen molar-refractivity contribution in [3.8, 4) is 0 Å². The van der Waals surface area contributed by atoms with Gasteiger partial charge in [0.25, 0.3) is 5.91 Å². The fourth-order valence-corrected chi connectivity index (χ4v) is 2.63. The number of amides is 3. The molecule has 7 nitrogen and oxygen atoms in total. The minimum Gasteiger partial charge on any atom is -0.360 e. The molecule has 24 heavy (non-hydrogen) atoms. The molecule has 1 aliphatic heterocycles. The van der Waals surface area contributed by atoms with E-state index in [9.17, 15) is 9.59 Å². The van der Waals surface area contributed by atoms with Crippen LogP contribution in [0, 0.1) is 6.92 Å². The summed E-state index contributed by atoms with van der Waals surface area (Å²) in [5.74, 6) is 0.607. The first-order valence-electron chi connectivity index (χ1n) is 7.52. The fraction of sp³-hybridized carbons (Fsp3) is 0.235. The van der Waals surface area contributed by atoms with Gasteiger partial charge in [-0.1, -0.05) is 35.5 Å². The average molecular weight is 326 g/mol. The predicted molar refractivity (Wildman–Crippen MR) is 88.0 cm³/mol. The molecule has 1 atom stereocenters. The molecule has 0 aliphatic carbocycles. The number of urea groups is 1. The van der Waals surface area contributed by atoms with Crippen molar-refractivity contribution in [3.05, 3.63) is 59.0 Å². The van der Waals surface area contributed by atoms with Gasteiger partial charge in [-0.25, -0.2) is 4.79 Å². The first-order valence-corrected chi connectivity index (χ1v) is 7.52. The normalized spacial score (nSPS) is 17.7. The molecule has 0 fully saturated rings. The van der Waals surface area contributed by atoms with Gasteiger partial charge in [0, 0.05) is 18.8 Å². The van der Waals surface area contributed by atoms with Gasteiger partial charge in [0.15, 0.2) is 5.82 Å². The van der Waals surface area contributed by atoms with Crippen molar-refractivity contribution in [2.24, 2.45) is 0 Å². The van der Waals surface area contributed by atoms with Crippen molar-refractivity contribution >= 4 is 17.8 Å². The van der Waals surface area contributed by atoms with E-state index in [1.165, 1.54) is 4.90 Å². The number of anilines is 1. The van der Waals surface area contributed by atoms with Crippen LogP contribution in [0.3, 0.4) is 0 Å². The third-order valence-electron chi connectivity index (χ3n) is 4.00. The maximum Gasteiger partial charge on any atom is 0.322 e. The molecule has 1 aliphatic rings. The fourth-order valence-electron chi connectivity index (χ4n) is 2.63. The molecule has 2 aromatic rings. The van der Waals surface area contributed by atoms with E-state index in [0.29, 0.717) is 22.8 Å². The van der Waals surface area contributed by atoms with Crippen molar-refractivity contribution in [1.82, 2.24) is 15.4 Å². The molecule has 7 heteroatoms. The van der Waals surface area contributed by atoms with Crippen LogP contribution in [-0.2, 0) is 4.79 Å². The largest absolute Gasteiger partial charge is 0.360 e. The Kier molecular flexibility index (Phi) is 4.07. The lowest BCUT2D eigenvalue weighted by molar-refractivity contribution is -0.113. The number of hydrogen-bond acceptors (Lipinski definition) is 4. The third-order valence-corrected chi connectivity index (χ3v) is 4.00. The van der Waals surface area contributed by atoms with Crippen LogP contribution in [-0.4, -0.2) is 29.0 Å². The second-order valence-electron chi connectivity index (χ2n) is 5.63. The molecule has 124 valence electrons. The van der Waals surface area contributed by atoms with Gasteiger partial charge < -0.3 is 20.1 Å². The predicted octanol–water partition coefficient (Wildman–Crippen LogP) is 2.59. The minimum atomic E-state index is -0.525. The smallest absolute Gasteiger partial charge is 0.322 e. The number of benzene rings is 1. The summed E-state index contributed by atoms with van der Waals surface area (Å²) >= 11 is 0. The van der Waals surface area contributed by atoms with E-state index in [2.05, 4.69) is 15.8 Å². The summed E-state index contributed by atoms with van der Waals surface area (Å²) in [7, 11) is 1.62. The number of nitrogens with zero attached hydrogens (tertiary/aromatic N) is 2. The lowest BCUT2D eigenvalue weighted by atomic mass is 9.94. The summed E-state index contributed by atoms with van der Waals surface area (Å²) in [6, 6.07) is 10.2. The monoisotopic (exact) mass is 326 g/mol. The Morgan fingerprint density at radius 3 is 2.62 bits per heavy atom. The average Bonchev–Trinajstić information content (AvgIpc) is 2.97. The SMILES string of the molecule is CC1=C(C(=O)Nc2cc(C)on2)[C@@H](c2ccccc2)NC(=O)N1C. The summed E-state index contributed by atoms with van der Waals surface area (Å²) in [6.07, 6.45) is 0. The highest BCUT2D eigenvalue weighted by atomic mass is 16.5. The number of aromatic nitrogens is 1. The summed E-state index contributed by atoms with van der Waals surface area (Å²) in [6.45, 7) is 3.49. The molecular formula is C17H18N4O3. The van der Waals surface area contributed by atoms with Gasteiger partial charge in [0.1, 0.15) is 5.76 Å². The summed E-state index contributed by atoms with van der Waals surface area (Å²) in [4.78, 5) is 26.4. The highest BCUT2D eigenvalue weighted by Crippen LogP contribution is 2.30. The van der Waals surface area contributed by atoms with Gasteiger partial charge >= 0.3 is 6.03 Å². The Bertz CT molecular complexity index is 810. The van der Waals surface area contributed by atoms with Crippen molar-refractivity contribution in [1.29, 1.82) is 0 Å². The highest BCUT2D eigenvalue weighted by Gasteiger charge is 2.34. The van der Waals surface area contributed by atoms with Gasteiger partial charge in [-0.15, -0.1) is 0 Å².